The third kappa shape index (κ3) is 3.42. The van der Waals surface area contributed by atoms with Crippen molar-refractivity contribution in [2.45, 2.75) is 51.0 Å². The second-order valence-corrected chi connectivity index (χ2v) is 11.6. The van der Waals surface area contributed by atoms with Crippen LogP contribution in [0.15, 0.2) is 23.1 Å². The van der Waals surface area contributed by atoms with Crippen LogP contribution in [0.25, 0.3) is 0 Å². The van der Waals surface area contributed by atoms with E-state index in [0.29, 0.717) is 24.7 Å². The van der Waals surface area contributed by atoms with Crippen LogP contribution in [0.3, 0.4) is 0 Å². The van der Waals surface area contributed by atoms with Crippen molar-refractivity contribution in [2.24, 2.45) is 16.7 Å². The minimum atomic E-state index is -3.78. The van der Waals surface area contributed by atoms with Crippen LogP contribution >= 0.6 is 0 Å². The highest BCUT2D eigenvalue weighted by Gasteiger charge is 2.59. The second kappa shape index (κ2) is 7.50. The van der Waals surface area contributed by atoms with Gasteiger partial charge in [0.15, 0.2) is 0 Å². The lowest BCUT2D eigenvalue weighted by atomic mass is 9.68. The molecule has 1 saturated heterocycles. The summed E-state index contributed by atoms with van der Waals surface area (Å²) in [6.07, 6.45) is 3.45. The number of morpholine rings is 1. The minimum absolute atomic E-state index is 0.0256. The Hall–Kier alpha value is -1.64. The van der Waals surface area contributed by atoms with Gasteiger partial charge in [-0.05, 0) is 54.2 Å². The Morgan fingerprint density at radius 1 is 1.23 bits per heavy atom. The quantitative estimate of drug-likeness (QED) is 0.767. The lowest BCUT2D eigenvalue weighted by molar-refractivity contribution is 0.0728. The van der Waals surface area contributed by atoms with E-state index in [1.54, 1.807) is 12.1 Å². The summed E-state index contributed by atoms with van der Waals surface area (Å²) in [4.78, 5) is 13.2. The van der Waals surface area contributed by atoms with Gasteiger partial charge in [0.2, 0.25) is 10.0 Å². The molecule has 1 aliphatic heterocycles. The molecule has 1 aromatic carbocycles. The van der Waals surface area contributed by atoms with Gasteiger partial charge < -0.3 is 14.8 Å². The van der Waals surface area contributed by atoms with Crippen LogP contribution in [0.5, 0.6) is 5.75 Å². The molecule has 3 atom stereocenters. The Balaban J connectivity index is 1.62. The van der Waals surface area contributed by atoms with Crippen LogP contribution in [-0.2, 0) is 14.8 Å². The standard InChI is InChI=1S/C22H32N2O5S/c1-21(2)16-7-8-22(3,14-16)20(21)23-19(25)15-5-6-17(28-4)18(13-15)30(26,27)24-9-11-29-12-10-24/h5-6,13,16,20H,7-12,14H2,1-4H3,(H,23,25)/t16-,20?,22-/m0/s1. The molecule has 1 amide bonds. The molecule has 0 radical (unpaired) electrons. The molecule has 8 heteroatoms. The Kier molecular flexibility index (Phi) is 5.39. The van der Waals surface area contributed by atoms with E-state index < -0.39 is 10.0 Å². The predicted molar refractivity (Wildman–Crippen MR) is 113 cm³/mol. The van der Waals surface area contributed by atoms with Crippen molar-refractivity contribution in [1.29, 1.82) is 0 Å². The van der Waals surface area contributed by atoms with E-state index in [9.17, 15) is 13.2 Å². The van der Waals surface area contributed by atoms with E-state index in [1.807, 2.05) is 0 Å². The van der Waals surface area contributed by atoms with Gasteiger partial charge in [0.1, 0.15) is 10.6 Å². The van der Waals surface area contributed by atoms with Gasteiger partial charge >= 0.3 is 0 Å². The number of fused-ring (bicyclic) bond motifs is 2. The minimum Gasteiger partial charge on any atom is -0.495 e. The van der Waals surface area contributed by atoms with Crippen LogP contribution in [-0.4, -0.2) is 58.1 Å². The first-order chi connectivity index (χ1) is 14.1. The number of nitrogens with one attached hydrogen (secondary N) is 1. The first kappa shape index (κ1) is 21.6. The van der Waals surface area contributed by atoms with Gasteiger partial charge in [0.05, 0.1) is 20.3 Å². The zero-order valence-electron chi connectivity index (χ0n) is 18.2. The average molecular weight is 437 g/mol. The summed E-state index contributed by atoms with van der Waals surface area (Å²) in [7, 11) is -2.35. The molecule has 0 spiro atoms. The van der Waals surface area contributed by atoms with E-state index in [0.717, 1.165) is 12.8 Å². The van der Waals surface area contributed by atoms with Crippen molar-refractivity contribution in [3.8, 4) is 5.75 Å². The fourth-order valence-electron chi connectivity index (χ4n) is 5.82. The average Bonchev–Trinajstić information content (AvgIpc) is 3.22. The first-order valence-corrected chi connectivity index (χ1v) is 12.1. The monoisotopic (exact) mass is 436 g/mol. The lowest BCUT2D eigenvalue weighted by Crippen LogP contribution is -2.52. The highest BCUT2D eigenvalue weighted by atomic mass is 32.2. The van der Waals surface area contributed by atoms with Crippen LogP contribution in [0.1, 0.15) is 50.4 Å². The van der Waals surface area contributed by atoms with Gasteiger partial charge in [-0.3, -0.25) is 4.79 Å². The van der Waals surface area contributed by atoms with Gasteiger partial charge in [0, 0.05) is 24.7 Å². The van der Waals surface area contributed by atoms with Crippen molar-refractivity contribution in [1.82, 2.24) is 9.62 Å². The number of rotatable bonds is 5. The Morgan fingerprint density at radius 2 is 1.93 bits per heavy atom. The molecule has 7 nitrogen and oxygen atoms in total. The topological polar surface area (TPSA) is 84.9 Å². The lowest BCUT2D eigenvalue weighted by Gasteiger charge is -2.43. The maximum Gasteiger partial charge on any atom is 0.251 e. The third-order valence-electron chi connectivity index (χ3n) is 7.56. The second-order valence-electron chi connectivity index (χ2n) is 9.70. The van der Waals surface area contributed by atoms with Gasteiger partial charge in [-0.2, -0.15) is 4.31 Å². The van der Waals surface area contributed by atoms with Crippen LogP contribution in [0.2, 0.25) is 0 Å². The first-order valence-electron chi connectivity index (χ1n) is 10.7. The summed E-state index contributed by atoms with van der Waals surface area (Å²) >= 11 is 0. The molecule has 4 rings (SSSR count). The maximum absolute atomic E-state index is 13.2. The summed E-state index contributed by atoms with van der Waals surface area (Å²) in [5.74, 6) is 0.620. The summed E-state index contributed by atoms with van der Waals surface area (Å²) < 4.78 is 38.4. The number of carbonyl (C=O) groups is 1. The summed E-state index contributed by atoms with van der Waals surface area (Å²) in [5, 5.41) is 3.24. The smallest absolute Gasteiger partial charge is 0.251 e. The molecule has 166 valence electrons. The number of carbonyl (C=O) groups excluding carboxylic acids is 1. The molecule has 1 N–H and O–H groups in total. The molecule has 1 heterocycles. The normalized spacial score (nSPS) is 30.9. The molecule has 0 aromatic heterocycles. The van der Waals surface area contributed by atoms with Crippen molar-refractivity contribution in [3.05, 3.63) is 23.8 Å². The third-order valence-corrected chi connectivity index (χ3v) is 9.48. The van der Waals surface area contributed by atoms with Crippen molar-refractivity contribution >= 4 is 15.9 Å². The number of methoxy groups -OCH3 is 1. The highest BCUT2D eigenvalue weighted by Crippen LogP contribution is 2.62. The molecule has 1 aromatic rings. The van der Waals surface area contributed by atoms with Crippen molar-refractivity contribution < 1.29 is 22.7 Å². The number of ether oxygens (including phenoxy) is 2. The Morgan fingerprint density at radius 3 is 2.53 bits per heavy atom. The van der Waals surface area contributed by atoms with E-state index in [4.69, 9.17) is 9.47 Å². The van der Waals surface area contributed by atoms with E-state index >= 15 is 0 Å². The van der Waals surface area contributed by atoms with E-state index in [-0.39, 0.29) is 46.5 Å². The van der Waals surface area contributed by atoms with Gasteiger partial charge in [-0.1, -0.05) is 20.8 Å². The molecule has 1 unspecified atom stereocenters. The molecule has 30 heavy (non-hydrogen) atoms. The van der Waals surface area contributed by atoms with Crippen LogP contribution < -0.4 is 10.1 Å². The molecule has 2 saturated carbocycles. The number of amides is 1. The summed E-state index contributed by atoms with van der Waals surface area (Å²) in [6.45, 7) is 8.02. The summed E-state index contributed by atoms with van der Waals surface area (Å²) in [6, 6.07) is 4.71. The molecule has 2 aliphatic carbocycles. The van der Waals surface area contributed by atoms with Crippen molar-refractivity contribution in [2.75, 3.05) is 33.4 Å². The Labute approximate surface area is 179 Å². The fourth-order valence-corrected chi connectivity index (χ4v) is 7.41. The fraction of sp³-hybridized carbons (Fsp3) is 0.682. The molecular formula is C22H32N2O5S. The van der Waals surface area contributed by atoms with Crippen LogP contribution in [0.4, 0.5) is 0 Å². The molecule has 3 aliphatic rings. The molecular weight excluding hydrogens is 404 g/mol. The SMILES string of the molecule is COc1ccc(C(=O)NC2C(C)(C)[C@H]3CC[C@@]2(C)C3)cc1S(=O)(=O)N1CCOCC1. The highest BCUT2D eigenvalue weighted by molar-refractivity contribution is 7.89. The number of nitrogens with zero attached hydrogens (tertiary/aromatic N) is 1. The number of hydrogen-bond acceptors (Lipinski definition) is 5. The number of sulfonamides is 1. The van der Waals surface area contributed by atoms with Gasteiger partial charge in [-0.15, -0.1) is 0 Å². The zero-order valence-corrected chi connectivity index (χ0v) is 19.0. The zero-order chi connectivity index (χ0) is 21.7. The number of benzene rings is 1. The largest absolute Gasteiger partial charge is 0.495 e. The predicted octanol–water partition coefficient (Wildman–Crippen LogP) is 2.66. The van der Waals surface area contributed by atoms with Gasteiger partial charge in [-0.25, -0.2) is 8.42 Å². The van der Waals surface area contributed by atoms with E-state index in [1.165, 1.54) is 23.9 Å². The summed E-state index contributed by atoms with van der Waals surface area (Å²) in [5.41, 5.74) is 0.460. The Bertz CT molecular complexity index is 934. The number of hydrogen-bond donors (Lipinski definition) is 1. The van der Waals surface area contributed by atoms with Crippen LogP contribution in [0, 0.1) is 16.7 Å². The molecule has 2 bridgehead atoms. The van der Waals surface area contributed by atoms with Gasteiger partial charge in [0.25, 0.3) is 5.91 Å². The maximum atomic E-state index is 13.2. The molecule has 3 fully saturated rings. The van der Waals surface area contributed by atoms with E-state index in [2.05, 4.69) is 26.1 Å². The van der Waals surface area contributed by atoms with Crippen molar-refractivity contribution in [3.63, 3.8) is 0 Å².